The van der Waals surface area contributed by atoms with Gasteiger partial charge in [-0.05, 0) is 61.7 Å². The summed E-state index contributed by atoms with van der Waals surface area (Å²) in [5, 5.41) is 25.2. The van der Waals surface area contributed by atoms with Gasteiger partial charge in [-0.15, -0.1) is 22.7 Å². The monoisotopic (exact) mass is 752 g/mol. The lowest BCUT2D eigenvalue weighted by Crippen LogP contribution is -2.42. The minimum Gasteiger partial charge on any atom is -0.314 e. The molecule has 6 heterocycles. The smallest absolute Gasteiger partial charge is 0.261 e. The van der Waals surface area contributed by atoms with Crippen LogP contribution in [-0.4, -0.2) is 162 Å². The minimum absolute atomic E-state index is 0.0273. The van der Waals surface area contributed by atoms with Crippen LogP contribution in [0.2, 0.25) is 0 Å². The first-order valence-corrected chi connectivity index (χ1v) is 21.4. The van der Waals surface area contributed by atoms with Gasteiger partial charge >= 0.3 is 0 Å². The molecule has 4 aliphatic heterocycles. The van der Waals surface area contributed by atoms with E-state index in [0.29, 0.717) is 24.2 Å². The molecule has 14 heteroatoms. The van der Waals surface area contributed by atoms with Gasteiger partial charge < -0.3 is 51.5 Å². The van der Waals surface area contributed by atoms with Crippen LogP contribution in [0.3, 0.4) is 0 Å². The fourth-order valence-electron chi connectivity index (χ4n) is 7.45. The van der Waals surface area contributed by atoms with E-state index in [2.05, 4.69) is 53.8 Å². The Bertz CT molecular complexity index is 1320. The molecule has 0 aliphatic carbocycles. The van der Waals surface area contributed by atoms with Gasteiger partial charge in [-0.3, -0.25) is 9.59 Å². The molecular weight excluding hydrogens is 693 g/mol. The van der Waals surface area contributed by atoms with E-state index in [1.807, 2.05) is 32.7 Å². The first-order chi connectivity index (χ1) is 25.7. The Morgan fingerprint density at radius 1 is 0.462 bits per heavy atom. The Morgan fingerprint density at radius 3 is 1.12 bits per heavy atom. The van der Waals surface area contributed by atoms with Crippen molar-refractivity contribution < 1.29 is 9.59 Å². The normalized spacial score (nSPS) is 21.6. The van der Waals surface area contributed by atoms with Gasteiger partial charge in [-0.2, -0.15) is 0 Å². The van der Waals surface area contributed by atoms with E-state index in [4.69, 9.17) is 0 Å². The highest BCUT2D eigenvalue weighted by Crippen LogP contribution is 2.48. The van der Waals surface area contributed by atoms with Crippen LogP contribution in [0, 0.1) is 0 Å². The zero-order valence-electron chi connectivity index (χ0n) is 30.9. The van der Waals surface area contributed by atoms with Crippen molar-refractivity contribution in [2.45, 2.75) is 25.7 Å². The summed E-state index contributed by atoms with van der Waals surface area (Å²) in [6, 6.07) is 8.15. The summed E-state index contributed by atoms with van der Waals surface area (Å²) < 4.78 is 0. The maximum absolute atomic E-state index is 14.5. The third-order valence-corrected chi connectivity index (χ3v) is 12.0. The van der Waals surface area contributed by atoms with Gasteiger partial charge in [0.05, 0.1) is 32.3 Å². The number of carbonyl (C=O) groups excluding carboxylic acids is 2. The number of rotatable bonds is 12. The average Bonchev–Trinajstić information content (AvgIpc) is 3.95. The molecule has 2 saturated heterocycles. The fraction of sp³-hybridized carbons (Fsp3) is 0.632. The molecule has 6 rings (SSSR count). The second kappa shape index (κ2) is 21.4. The number of hydrogen-bond donors (Lipinski definition) is 6. The van der Waals surface area contributed by atoms with Gasteiger partial charge in [0.1, 0.15) is 0 Å². The molecule has 4 aliphatic rings. The number of unbranched alkanes of at least 4 members (excludes halogenated alkanes) is 2. The van der Waals surface area contributed by atoms with E-state index in [1.165, 1.54) is 0 Å². The molecule has 2 aromatic rings. The second-order valence-corrected chi connectivity index (χ2v) is 15.8. The molecule has 6 N–H and O–H groups in total. The summed E-state index contributed by atoms with van der Waals surface area (Å²) in [6.07, 6.45) is 3.76. The summed E-state index contributed by atoms with van der Waals surface area (Å²) >= 11 is 3.21. The van der Waals surface area contributed by atoms with Crippen LogP contribution < -0.4 is 31.9 Å². The lowest BCUT2D eigenvalue weighted by atomic mass is 10.1. The first-order valence-electron chi connectivity index (χ1n) is 19.6. The van der Waals surface area contributed by atoms with Gasteiger partial charge in [0, 0.05) is 118 Å². The van der Waals surface area contributed by atoms with Crippen LogP contribution >= 0.6 is 22.7 Å². The predicted molar refractivity (Wildman–Crippen MR) is 214 cm³/mol. The molecule has 52 heavy (non-hydrogen) atoms. The highest BCUT2D eigenvalue weighted by atomic mass is 32.1. The Labute approximate surface area is 318 Å². The Hall–Kier alpha value is -2.50. The number of nitrogens with zero attached hydrogens (tertiary/aromatic N) is 4. The SMILES string of the molecule is O=C1C2=C(c3cccs3)N(CCCCN3CCNCCNCCNCC3)C(=O)C2=C(c2cccs2)N1CCCCN1CCNCCNCCNCC1. The third kappa shape index (κ3) is 10.8. The van der Waals surface area contributed by atoms with Crippen molar-refractivity contribution >= 4 is 45.9 Å². The van der Waals surface area contributed by atoms with Gasteiger partial charge in [-0.25, -0.2) is 0 Å². The Balaban J connectivity index is 1.11. The molecule has 12 nitrogen and oxygen atoms in total. The van der Waals surface area contributed by atoms with Crippen molar-refractivity contribution in [1.82, 2.24) is 51.5 Å². The fourth-order valence-corrected chi connectivity index (χ4v) is 9.02. The van der Waals surface area contributed by atoms with Crippen LogP contribution in [0.1, 0.15) is 35.4 Å². The van der Waals surface area contributed by atoms with E-state index in [1.54, 1.807) is 22.7 Å². The number of thiophene rings is 2. The summed E-state index contributed by atoms with van der Waals surface area (Å²) in [7, 11) is 0. The summed E-state index contributed by atoms with van der Waals surface area (Å²) in [4.78, 5) is 39.9. The largest absolute Gasteiger partial charge is 0.314 e. The third-order valence-electron chi connectivity index (χ3n) is 10.2. The number of hydrogen-bond acceptors (Lipinski definition) is 12. The molecule has 0 spiro atoms. The van der Waals surface area contributed by atoms with E-state index in [0.717, 1.165) is 165 Å². The highest BCUT2D eigenvalue weighted by Gasteiger charge is 2.49. The summed E-state index contributed by atoms with van der Waals surface area (Å²) in [5.74, 6) is -0.0546. The van der Waals surface area contributed by atoms with Crippen LogP contribution in [0.5, 0.6) is 0 Å². The van der Waals surface area contributed by atoms with Crippen molar-refractivity contribution in [3.63, 3.8) is 0 Å². The lowest BCUT2D eigenvalue weighted by molar-refractivity contribution is -0.124. The zero-order chi connectivity index (χ0) is 35.8. The van der Waals surface area contributed by atoms with Crippen molar-refractivity contribution in [2.75, 3.05) is 131 Å². The first kappa shape index (κ1) is 39.2. The van der Waals surface area contributed by atoms with Crippen LogP contribution in [0.4, 0.5) is 0 Å². The lowest BCUT2D eigenvalue weighted by Gasteiger charge is -2.26. The molecule has 2 fully saturated rings. The molecule has 2 aromatic heterocycles. The van der Waals surface area contributed by atoms with Crippen LogP contribution in [0.15, 0.2) is 46.2 Å². The van der Waals surface area contributed by atoms with Gasteiger partial charge in [0.15, 0.2) is 0 Å². The number of fused-ring (bicyclic) bond motifs is 1. The van der Waals surface area contributed by atoms with Crippen molar-refractivity contribution in [3.8, 4) is 0 Å². The maximum Gasteiger partial charge on any atom is 0.261 e. The van der Waals surface area contributed by atoms with E-state index < -0.39 is 0 Å². The molecule has 0 saturated carbocycles. The molecule has 0 aromatic carbocycles. The van der Waals surface area contributed by atoms with E-state index in [-0.39, 0.29) is 11.8 Å². The second-order valence-electron chi connectivity index (χ2n) is 13.9. The molecule has 0 bridgehead atoms. The van der Waals surface area contributed by atoms with Gasteiger partial charge in [-0.1, -0.05) is 12.1 Å². The highest BCUT2D eigenvalue weighted by molar-refractivity contribution is 7.11. The molecule has 0 atom stereocenters. The van der Waals surface area contributed by atoms with Crippen molar-refractivity contribution in [2.24, 2.45) is 0 Å². The molecule has 0 unspecified atom stereocenters. The standard InChI is InChI=1S/C38H60N10O2S2/c49-37-34-33(35(31-7-5-29-51-31)47(37)23-3-1-21-45-25-17-41-13-9-39-10-14-42-18-26-45)38(50)48(36(34)32-8-6-30-52-32)24-4-2-22-46-27-19-43-15-11-40-12-16-44-20-28-46/h5-8,29-30,39-44H,1-4,9-28H2. The quantitative estimate of drug-likeness (QED) is 0.178. The van der Waals surface area contributed by atoms with Crippen molar-refractivity contribution in [3.05, 3.63) is 55.9 Å². The Kier molecular flexibility index (Phi) is 16.1. The minimum atomic E-state index is -0.0273. The number of amides is 2. The van der Waals surface area contributed by atoms with Crippen LogP contribution in [-0.2, 0) is 9.59 Å². The summed E-state index contributed by atoms with van der Waals surface area (Å²) in [6.45, 7) is 19.1. The average molecular weight is 753 g/mol. The molecular formula is C38H60N10O2S2. The number of nitrogens with one attached hydrogen (secondary N) is 6. The molecule has 2 amide bonds. The Morgan fingerprint density at radius 2 is 0.788 bits per heavy atom. The molecule has 286 valence electrons. The van der Waals surface area contributed by atoms with Gasteiger partial charge in [0.25, 0.3) is 11.8 Å². The van der Waals surface area contributed by atoms with Gasteiger partial charge in [0.2, 0.25) is 0 Å². The summed E-state index contributed by atoms with van der Waals surface area (Å²) in [5.41, 5.74) is 2.80. The topological polar surface area (TPSA) is 119 Å². The van der Waals surface area contributed by atoms with Crippen molar-refractivity contribution in [1.29, 1.82) is 0 Å². The van der Waals surface area contributed by atoms with E-state index >= 15 is 0 Å². The predicted octanol–water partition coefficient (Wildman–Crippen LogP) is 1.35. The number of carbonyl (C=O) groups is 2. The van der Waals surface area contributed by atoms with E-state index in [9.17, 15) is 9.59 Å². The van der Waals surface area contributed by atoms with Crippen LogP contribution in [0.25, 0.3) is 11.4 Å². The maximum atomic E-state index is 14.5. The zero-order valence-corrected chi connectivity index (χ0v) is 32.5. The molecule has 0 radical (unpaired) electrons.